The van der Waals surface area contributed by atoms with Crippen LogP contribution in [0.1, 0.15) is 34.2 Å². The molecule has 0 saturated heterocycles. The Hall–Kier alpha value is -3.02. The molecule has 3 aromatic heterocycles. The second-order valence-corrected chi connectivity index (χ2v) is 5.99. The summed E-state index contributed by atoms with van der Waals surface area (Å²) in [4.78, 5) is 20.9. The SMILES string of the molecule is CCOC(=O)c1cc2c(nc1C)-c1cn(-c3cccnc3)nc1CC2. The summed E-state index contributed by atoms with van der Waals surface area (Å²) < 4.78 is 6.97. The summed E-state index contributed by atoms with van der Waals surface area (Å²) in [5, 5.41) is 4.68. The first kappa shape index (κ1) is 15.5. The molecule has 0 spiro atoms. The molecule has 0 amide bonds. The Morgan fingerprint density at radius 2 is 2.24 bits per heavy atom. The Morgan fingerprint density at radius 3 is 3.00 bits per heavy atom. The van der Waals surface area contributed by atoms with Crippen LogP contribution in [0.4, 0.5) is 0 Å². The zero-order chi connectivity index (χ0) is 17.4. The number of carbonyl (C=O) groups is 1. The van der Waals surface area contributed by atoms with E-state index < -0.39 is 0 Å². The fourth-order valence-corrected chi connectivity index (χ4v) is 3.15. The van der Waals surface area contributed by atoms with Crippen molar-refractivity contribution in [3.63, 3.8) is 0 Å². The Bertz CT molecular complexity index is 948. The first-order chi connectivity index (χ1) is 12.2. The van der Waals surface area contributed by atoms with Crippen molar-refractivity contribution in [2.75, 3.05) is 6.61 Å². The number of fused-ring (bicyclic) bond motifs is 3. The van der Waals surface area contributed by atoms with Gasteiger partial charge in [0.2, 0.25) is 0 Å². The van der Waals surface area contributed by atoms with Crippen LogP contribution in [0, 0.1) is 6.92 Å². The van der Waals surface area contributed by atoms with E-state index in [1.165, 1.54) is 0 Å². The smallest absolute Gasteiger partial charge is 0.339 e. The van der Waals surface area contributed by atoms with E-state index in [9.17, 15) is 4.79 Å². The number of ether oxygens (including phenoxy) is 1. The third-order valence-corrected chi connectivity index (χ3v) is 4.37. The van der Waals surface area contributed by atoms with Crippen LogP contribution >= 0.6 is 0 Å². The Kier molecular flexibility index (Phi) is 3.80. The van der Waals surface area contributed by atoms with Crippen LogP contribution in [-0.2, 0) is 17.6 Å². The average molecular weight is 334 g/mol. The van der Waals surface area contributed by atoms with E-state index in [-0.39, 0.29) is 5.97 Å². The van der Waals surface area contributed by atoms with Crippen molar-refractivity contribution in [2.24, 2.45) is 0 Å². The largest absolute Gasteiger partial charge is 0.462 e. The number of nitrogens with zero attached hydrogens (tertiary/aromatic N) is 4. The topological polar surface area (TPSA) is 69.9 Å². The number of esters is 1. The van der Waals surface area contributed by atoms with Crippen molar-refractivity contribution in [1.82, 2.24) is 19.7 Å². The zero-order valence-electron chi connectivity index (χ0n) is 14.2. The van der Waals surface area contributed by atoms with Gasteiger partial charge in [-0.1, -0.05) is 0 Å². The molecule has 0 fully saturated rings. The molecule has 3 aromatic rings. The fraction of sp³-hybridized carbons (Fsp3) is 0.263. The highest BCUT2D eigenvalue weighted by Crippen LogP contribution is 2.33. The molecule has 4 rings (SSSR count). The summed E-state index contributed by atoms with van der Waals surface area (Å²) in [6, 6.07) is 5.77. The van der Waals surface area contributed by atoms with E-state index in [1.54, 1.807) is 19.3 Å². The van der Waals surface area contributed by atoms with Gasteiger partial charge in [0.15, 0.2) is 0 Å². The highest BCUT2D eigenvalue weighted by atomic mass is 16.5. The lowest BCUT2D eigenvalue weighted by Crippen LogP contribution is -2.12. The number of hydrogen-bond acceptors (Lipinski definition) is 5. The van der Waals surface area contributed by atoms with Gasteiger partial charge in [0.05, 0.1) is 41.1 Å². The van der Waals surface area contributed by atoms with E-state index in [0.29, 0.717) is 17.9 Å². The predicted octanol–water partition coefficient (Wildman–Crippen LogP) is 2.91. The number of hydrogen-bond donors (Lipinski definition) is 0. The molecule has 126 valence electrons. The molecule has 1 aliphatic rings. The van der Waals surface area contributed by atoms with Crippen molar-refractivity contribution in [2.45, 2.75) is 26.7 Å². The molecule has 0 saturated carbocycles. The van der Waals surface area contributed by atoms with E-state index in [2.05, 4.69) is 10.1 Å². The molecule has 6 heteroatoms. The van der Waals surface area contributed by atoms with Crippen molar-refractivity contribution >= 4 is 5.97 Å². The minimum Gasteiger partial charge on any atom is -0.462 e. The molecule has 1 aliphatic carbocycles. The molecule has 0 atom stereocenters. The third kappa shape index (κ3) is 2.69. The van der Waals surface area contributed by atoms with Gasteiger partial charge in [0, 0.05) is 18.0 Å². The van der Waals surface area contributed by atoms with Crippen LogP contribution in [0.3, 0.4) is 0 Å². The van der Waals surface area contributed by atoms with Crippen molar-refractivity contribution in [3.8, 4) is 16.9 Å². The Morgan fingerprint density at radius 1 is 1.36 bits per heavy atom. The first-order valence-corrected chi connectivity index (χ1v) is 8.34. The first-order valence-electron chi connectivity index (χ1n) is 8.34. The van der Waals surface area contributed by atoms with E-state index >= 15 is 0 Å². The van der Waals surface area contributed by atoms with Gasteiger partial charge in [-0.15, -0.1) is 0 Å². The number of aromatic nitrogens is 4. The summed E-state index contributed by atoms with van der Waals surface area (Å²) in [6.45, 7) is 4.00. The quantitative estimate of drug-likeness (QED) is 0.689. The molecule has 0 unspecified atom stereocenters. The summed E-state index contributed by atoms with van der Waals surface area (Å²) in [7, 11) is 0. The van der Waals surface area contributed by atoms with Crippen LogP contribution in [0.5, 0.6) is 0 Å². The highest BCUT2D eigenvalue weighted by Gasteiger charge is 2.24. The van der Waals surface area contributed by atoms with Gasteiger partial charge in [0.25, 0.3) is 0 Å². The molecule has 6 nitrogen and oxygen atoms in total. The molecule has 0 aliphatic heterocycles. The van der Waals surface area contributed by atoms with E-state index in [0.717, 1.165) is 41.0 Å². The molecule has 25 heavy (non-hydrogen) atoms. The number of rotatable bonds is 3. The van der Waals surface area contributed by atoms with Gasteiger partial charge >= 0.3 is 5.97 Å². The lowest BCUT2D eigenvalue weighted by molar-refractivity contribution is 0.0525. The average Bonchev–Trinajstić information content (AvgIpc) is 3.07. The van der Waals surface area contributed by atoms with Gasteiger partial charge < -0.3 is 4.74 Å². The van der Waals surface area contributed by atoms with Gasteiger partial charge in [-0.3, -0.25) is 9.97 Å². The Balaban J connectivity index is 1.78. The number of pyridine rings is 2. The van der Waals surface area contributed by atoms with E-state index in [1.807, 2.05) is 36.0 Å². The monoisotopic (exact) mass is 334 g/mol. The van der Waals surface area contributed by atoms with Crippen LogP contribution in [0.15, 0.2) is 36.8 Å². The van der Waals surface area contributed by atoms with E-state index in [4.69, 9.17) is 9.72 Å². The maximum atomic E-state index is 12.1. The molecule has 0 aromatic carbocycles. The van der Waals surface area contributed by atoms with Crippen molar-refractivity contribution in [3.05, 3.63) is 59.3 Å². The summed E-state index contributed by atoms with van der Waals surface area (Å²) >= 11 is 0. The second kappa shape index (κ2) is 6.12. The molecule has 0 bridgehead atoms. The minimum atomic E-state index is -0.313. The third-order valence-electron chi connectivity index (χ3n) is 4.37. The summed E-state index contributed by atoms with van der Waals surface area (Å²) in [6.07, 6.45) is 7.14. The standard InChI is InChI=1S/C19H18N4O2/c1-3-25-19(24)15-9-13-6-7-17-16(18(13)21-12(15)2)11-23(22-17)14-5-4-8-20-10-14/h4-5,8-11H,3,6-7H2,1-2H3. The lowest BCUT2D eigenvalue weighted by atomic mass is 9.92. The van der Waals surface area contributed by atoms with Crippen molar-refractivity contribution in [1.29, 1.82) is 0 Å². The molecular formula is C19H18N4O2. The maximum absolute atomic E-state index is 12.1. The van der Waals surface area contributed by atoms with Crippen LogP contribution in [-0.4, -0.2) is 32.3 Å². The number of aryl methyl sites for hydroxylation is 3. The summed E-state index contributed by atoms with van der Waals surface area (Å²) in [5.41, 5.74) is 6.14. The molecule has 3 heterocycles. The zero-order valence-corrected chi connectivity index (χ0v) is 14.2. The highest BCUT2D eigenvalue weighted by molar-refractivity contribution is 5.91. The van der Waals surface area contributed by atoms with Crippen LogP contribution in [0.25, 0.3) is 16.9 Å². The molecule has 0 radical (unpaired) electrons. The van der Waals surface area contributed by atoms with Gasteiger partial charge in [-0.25, -0.2) is 9.48 Å². The van der Waals surface area contributed by atoms with Crippen molar-refractivity contribution < 1.29 is 9.53 Å². The van der Waals surface area contributed by atoms with Gasteiger partial charge in [0.1, 0.15) is 0 Å². The number of carbonyl (C=O) groups excluding carboxylic acids is 1. The fourth-order valence-electron chi connectivity index (χ4n) is 3.15. The minimum absolute atomic E-state index is 0.313. The normalized spacial score (nSPS) is 12.4. The lowest BCUT2D eigenvalue weighted by Gasteiger charge is -2.16. The summed E-state index contributed by atoms with van der Waals surface area (Å²) in [5.74, 6) is -0.313. The predicted molar refractivity (Wildman–Crippen MR) is 92.7 cm³/mol. The van der Waals surface area contributed by atoms with Crippen LogP contribution < -0.4 is 0 Å². The van der Waals surface area contributed by atoms with Gasteiger partial charge in [-0.05, 0) is 50.5 Å². The maximum Gasteiger partial charge on any atom is 0.339 e. The van der Waals surface area contributed by atoms with Crippen LogP contribution in [0.2, 0.25) is 0 Å². The van der Waals surface area contributed by atoms with Gasteiger partial charge in [-0.2, -0.15) is 5.10 Å². The molecular weight excluding hydrogens is 316 g/mol. The molecule has 0 N–H and O–H groups in total. The Labute approximate surface area is 145 Å². The second-order valence-electron chi connectivity index (χ2n) is 5.99.